The number of nitrogens with zero attached hydrogens (tertiary/aromatic N) is 3. The number of benzene rings is 2. The van der Waals surface area contributed by atoms with Gasteiger partial charge in [0.2, 0.25) is 5.82 Å². The Morgan fingerprint density at radius 3 is 2.61 bits per heavy atom. The fourth-order valence-corrected chi connectivity index (χ4v) is 3.09. The Labute approximate surface area is 146 Å². The summed E-state index contributed by atoms with van der Waals surface area (Å²) in [5.74, 6) is 0.129. The number of para-hydroxylation sites is 1. The predicted octanol–water partition coefficient (Wildman–Crippen LogP) is 3.74. The molecule has 3 aromatic rings. The average molecular weight is 413 g/mol. The second-order valence-corrected chi connectivity index (χ2v) is 6.34. The first kappa shape index (κ1) is 15.4. The molecule has 0 unspecified atom stereocenters. The summed E-state index contributed by atoms with van der Waals surface area (Å²) in [4.78, 5) is 15.9. The van der Waals surface area contributed by atoms with Crippen molar-refractivity contribution in [2.24, 2.45) is 0 Å². The van der Waals surface area contributed by atoms with Crippen molar-refractivity contribution in [2.75, 3.05) is 0 Å². The van der Waals surface area contributed by atoms with Crippen molar-refractivity contribution in [3.63, 3.8) is 0 Å². The highest BCUT2D eigenvalue weighted by molar-refractivity contribution is 14.1. The summed E-state index contributed by atoms with van der Waals surface area (Å²) in [6, 6.07) is 19.2. The van der Waals surface area contributed by atoms with Crippen LogP contribution in [0, 0.1) is 11.3 Å². The molecule has 0 aliphatic carbocycles. The highest BCUT2D eigenvalue weighted by Gasteiger charge is 2.10. The number of fused-ring (bicyclic) bond motifs is 1. The second-order valence-electron chi connectivity index (χ2n) is 4.96. The molecule has 23 heavy (non-hydrogen) atoms. The summed E-state index contributed by atoms with van der Waals surface area (Å²) in [5.41, 5.74) is 1.45. The second kappa shape index (κ2) is 6.75. The van der Waals surface area contributed by atoms with E-state index < -0.39 is 0 Å². The van der Waals surface area contributed by atoms with Crippen LogP contribution in [0.2, 0.25) is 0 Å². The minimum Gasteiger partial charge on any atom is -0.312 e. The van der Waals surface area contributed by atoms with E-state index >= 15 is 0 Å². The van der Waals surface area contributed by atoms with Gasteiger partial charge in [-0.25, -0.2) is 0 Å². The third kappa shape index (κ3) is 3.32. The van der Waals surface area contributed by atoms with Gasteiger partial charge in [0.25, 0.3) is 5.56 Å². The summed E-state index contributed by atoms with van der Waals surface area (Å²) in [6.07, 6.45) is 2.05. The molecule has 1 aromatic heterocycles. The summed E-state index contributed by atoms with van der Waals surface area (Å²) >= 11 is 2.25. The smallest absolute Gasteiger partial charge is 0.281 e. The zero-order valence-corrected chi connectivity index (χ0v) is 14.3. The van der Waals surface area contributed by atoms with Gasteiger partial charge in [-0.05, 0) is 46.4 Å². The molecule has 0 amide bonds. The molecule has 0 radical (unpaired) electrons. The van der Waals surface area contributed by atoms with Gasteiger partial charge >= 0.3 is 0 Å². The summed E-state index contributed by atoms with van der Waals surface area (Å²) in [5, 5.41) is 9.83. The number of nitriles is 1. The maximum atomic E-state index is 12.0. The van der Waals surface area contributed by atoms with E-state index in [9.17, 15) is 10.1 Å². The van der Waals surface area contributed by atoms with E-state index in [-0.39, 0.29) is 11.4 Å². The first-order valence-corrected chi connectivity index (χ1v) is 8.08. The van der Waals surface area contributed by atoms with Crippen molar-refractivity contribution < 1.29 is 0 Å². The van der Waals surface area contributed by atoms with E-state index in [1.807, 2.05) is 48.5 Å². The molecule has 0 saturated heterocycles. The van der Waals surface area contributed by atoms with Crippen LogP contribution in [-0.2, 0) is 6.54 Å². The van der Waals surface area contributed by atoms with E-state index in [1.54, 1.807) is 16.7 Å². The molecule has 2 aromatic carbocycles. The normalized spacial score (nSPS) is 11.4. The topological polar surface area (TPSA) is 58.7 Å². The Hall–Kier alpha value is -2.46. The summed E-state index contributed by atoms with van der Waals surface area (Å²) in [6.45, 7) is 0.492. The molecule has 0 fully saturated rings. The molecule has 0 aliphatic rings. The van der Waals surface area contributed by atoms with Gasteiger partial charge < -0.3 is 4.57 Å². The highest BCUT2D eigenvalue weighted by Crippen LogP contribution is 2.19. The maximum Gasteiger partial charge on any atom is 0.281 e. The largest absolute Gasteiger partial charge is 0.312 e. The van der Waals surface area contributed by atoms with Crippen molar-refractivity contribution >= 4 is 39.6 Å². The minimum atomic E-state index is -0.365. The van der Waals surface area contributed by atoms with Gasteiger partial charge in [0.1, 0.15) is 6.07 Å². The lowest BCUT2D eigenvalue weighted by Gasteiger charge is -2.11. The van der Waals surface area contributed by atoms with Gasteiger partial charge in [0, 0.05) is 3.58 Å². The van der Waals surface area contributed by atoms with Crippen molar-refractivity contribution in [3.05, 3.63) is 79.9 Å². The van der Waals surface area contributed by atoms with Crippen LogP contribution in [0.3, 0.4) is 0 Å². The van der Waals surface area contributed by atoms with Gasteiger partial charge in [0.05, 0.1) is 17.4 Å². The first-order chi connectivity index (χ1) is 11.2. The molecule has 4 nitrogen and oxygen atoms in total. The average Bonchev–Trinajstić information content (AvgIpc) is 2.58. The van der Waals surface area contributed by atoms with Gasteiger partial charge in [-0.1, -0.05) is 42.5 Å². The number of hydrogen-bond acceptors (Lipinski definition) is 3. The number of hydrogen-bond donors (Lipinski definition) is 0. The molecule has 5 heteroatoms. The molecule has 112 valence electrons. The Bertz CT molecular complexity index is 985. The van der Waals surface area contributed by atoms with Gasteiger partial charge in [0.15, 0.2) is 0 Å². The van der Waals surface area contributed by atoms with Crippen LogP contribution >= 0.6 is 22.6 Å². The van der Waals surface area contributed by atoms with Gasteiger partial charge in [-0.15, -0.1) is 0 Å². The SMILES string of the molecule is N#Cc1nc(=O)c2ccccc2n1C/C(I)=C/c1ccccc1. The quantitative estimate of drug-likeness (QED) is 0.615. The van der Waals surface area contributed by atoms with Crippen molar-refractivity contribution in [1.82, 2.24) is 9.55 Å². The molecule has 0 aliphatic heterocycles. The zero-order chi connectivity index (χ0) is 16.2. The maximum absolute atomic E-state index is 12.0. The van der Waals surface area contributed by atoms with Crippen LogP contribution in [-0.4, -0.2) is 9.55 Å². The van der Waals surface area contributed by atoms with Gasteiger partial charge in [-0.3, -0.25) is 4.79 Å². The number of aromatic nitrogens is 2. The molecule has 0 atom stereocenters. The molecule has 0 saturated carbocycles. The lowest BCUT2D eigenvalue weighted by molar-refractivity contribution is 0.798. The lowest BCUT2D eigenvalue weighted by atomic mass is 10.2. The fraction of sp³-hybridized carbons (Fsp3) is 0.0556. The molecule has 0 N–H and O–H groups in total. The van der Waals surface area contributed by atoms with Crippen LogP contribution in [0.25, 0.3) is 17.0 Å². The molecular formula is C18H12IN3O. The lowest BCUT2D eigenvalue weighted by Crippen LogP contribution is -2.17. The number of halogens is 1. The number of allylic oxidation sites excluding steroid dienone is 1. The molecule has 0 bridgehead atoms. The Kier molecular flexibility index (Phi) is 4.53. The van der Waals surface area contributed by atoms with Crippen LogP contribution in [0.5, 0.6) is 0 Å². The van der Waals surface area contributed by atoms with Crippen molar-refractivity contribution in [1.29, 1.82) is 5.26 Å². The van der Waals surface area contributed by atoms with E-state index in [2.05, 4.69) is 33.7 Å². The monoisotopic (exact) mass is 413 g/mol. The standard InChI is InChI=1S/C18H12IN3O/c19-14(10-13-6-2-1-3-7-13)12-22-16-9-5-4-8-15(16)18(23)21-17(22)11-20/h1-10H,12H2/b14-10-. The Balaban J connectivity index is 2.10. The highest BCUT2D eigenvalue weighted by atomic mass is 127. The van der Waals surface area contributed by atoms with Crippen LogP contribution in [0.1, 0.15) is 11.4 Å². The Morgan fingerprint density at radius 2 is 1.87 bits per heavy atom. The molecule has 0 spiro atoms. The van der Waals surface area contributed by atoms with E-state index in [0.29, 0.717) is 11.9 Å². The first-order valence-electron chi connectivity index (χ1n) is 7.00. The summed E-state index contributed by atoms with van der Waals surface area (Å²) < 4.78 is 2.82. The van der Waals surface area contributed by atoms with Crippen LogP contribution in [0.4, 0.5) is 0 Å². The van der Waals surface area contributed by atoms with Crippen molar-refractivity contribution in [2.45, 2.75) is 6.54 Å². The third-order valence-corrected chi connectivity index (χ3v) is 4.07. The van der Waals surface area contributed by atoms with Crippen LogP contribution in [0.15, 0.2) is 63.0 Å². The summed E-state index contributed by atoms with van der Waals surface area (Å²) in [7, 11) is 0. The van der Waals surface area contributed by atoms with E-state index in [1.165, 1.54) is 0 Å². The predicted molar refractivity (Wildman–Crippen MR) is 99.2 cm³/mol. The fourth-order valence-electron chi connectivity index (χ4n) is 2.39. The molecule has 1 heterocycles. The molecule has 3 rings (SSSR count). The van der Waals surface area contributed by atoms with Crippen LogP contribution < -0.4 is 5.56 Å². The minimum absolute atomic E-state index is 0.129. The molecular weight excluding hydrogens is 401 g/mol. The van der Waals surface area contributed by atoms with E-state index in [0.717, 1.165) is 14.7 Å². The Morgan fingerprint density at radius 1 is 1.17 bits per heavy atom. The third-order valence-electron chi connectivity index (χ3n) is 3.42. The van der Waals surface area contributed by atoms with E-state index in [4.69, 9.17) is 0 Å². The number of rotatable bonds is 3. The zero-order valence-electron chi connectivity index (χ0n) is 12.1. The van der Waals surface area contributed by atoms with Gasteiger partial charge in [-0.2, -0.15) is 10.2 Å². The van der Waals surface area contributed by atoms with Crippen molar-refractivity contribution in [3.8, 4) is 6.07 Å².